The molecule has 30 heavy (non-hydrogen) atoms. The van der Waals surface area contributed by atoms with Crippen LogP contribution < -0.4 is 20.9 Å². The summed E-state index contributed by atoms with van der Waals surface area (Å²) >= 11 is 0. The van der Waals surface area contributed by atoms with Crippen molar-refractivity contribution in [1.82, 2.24) is 20.8 Å². The van der Waals surface area contributed by atoms with Crippen LogP contribution in [0.15, 0.2) is 48.5 Å². The Morgan fingerprint density at radius 3 is 2.83 bits per heavy atom. The monoisotopic (exact) mass is 403 g/mol. The Morgan fingerprint density at radius 2 is 1.93 bits per heavy atom. The molecule has 0 amide bonds. The Labute approximate surface area is 175 Å². The van der Waals surface area contributed by atoms with Crippen LogP contribution in [0.1, 0.15) is 26.2 Å². The van der Waals surface area contributed by atoms with E-state index in [9.17, 15) is 4.79 Å². The zero-order valence-electron chi connectivity index (χ0n) is 16.9. The summed E-state index contributed by atoms with van der Waals surface area (Å²) in [6, 6.07) is 16.3. The van der Waals surface area contributed by atoms with Gasteiger partial charge in [0.2, 0.25) is 0 Å². The van der Waals surface area contributed by atoms with Crippen molar-refractivity contribution in [3.8, 4) is 17.1 Å². The molecule has 2 heterocycles. The van der Waals surface area contributed by atoms with Crippen molar-refractivity contribution in [2.24, 2.45) is 5.92 Å². The van der Waals surface area contributed by atoms with Crippen LogP contribution in [0.25, 0.3) is 22.3 Å². The fourth-order valence-electron chi connectivity index (χ4n) is 4.53. The van der Waals surface area contributed by atoms with E-state index in [0.29, 0.717) is 35.1 Å². The van der Waals surface area contributed by atoms with E-state index in [0.717, 1.165) is 42.5 Å². The number of carbonyl (C=O) groups excluding carboxylic acids is 1. The molecule has 0 bridgehead atoms. The van der Waals surface area contributed by atoms with Gasteiger partial charge in [0.1, 0.15) is 11.6 Å². The highest BCUT2D eigenvalue weighted by molar-refractivity contribution is 5.91. The Bertz CT molecular complexity index is 1090. The molecule has 5 rings (SSSR count). The van der Waals surface area contributed by atoms with Gasteiger partial charge in [-0.2, -0.15) is 0 Å². The third-order valence-corrected chi connectivity index (χ3v) is 5.96. The summed E-state index contributed by atoms with van der Waals surface area (Å²) in [7, 11) is 0. The third-order valence-electron chi connectivity index (χ3n) is 5.96. The average Bonchev–Trinajstić information content (AvgIpc) is 3.21. The molecule has 3 atom stereocenters. The lowest BCUT2D eigenvalue weighted by molar-refractivity contribution is -0.131. The molecule has 0 spiro atoms. The van der Waals surface area contributed by atoms with Gasteiger partial charge in [-0.05, 0) is 49.4 Å². The predicted molar refractivity (Wildman–Crippen MR) is 116 cm³/mol. The first-order valence-corrected chi connectivity index (χ1v) is 10.5. The smallest absolute Gasteiger partial charge is 0.308 e. The molecule has 1 aliphatic heterocycles. The molecule has 7 nitrogen and oxygen atoms in total. The lowest BCUT2D eigenvalue weighted by Crippen LogP contribution is -2.39. The fourth-order valence-corrected chi connectivity index (χ4v) is 4.53. The molecule has 1 aromatic heterocycles. The van der Waals surface area contributed by atoms with Gasteiger partial charge in [-0.1, -0.05) is 24.3 Å². The van der Waals surface area contributed by atoms with E-state index in [2.05, 4.69) is 16.2 Å². The van der Waals surface area contributed by atoms with Crippen molar-refractivity contribution in [2.45, 2.75) is 38.3 Å². The number of fused-ring (bicyclic) bond motifs is 2. The molecular weight excluding hydrogens is 378 g/mol. The van der Waals surface area contributed by atoms with Crippen molar-refractivity contribution >= 4 is 22.7 Å². The molecule has 3 unspecified atom stereocenters. The van der Waals surface area contributed by atoms with E-state index in [4.69, 9.17) is 14.7 Å². The summed E-state index contributed by atoms with van der Waals surface area (Å²) in [5, 5.41) is 4.69. The van der Waals surface area contributed by atoms with Gasteiger partial charge in [0, 0.05) is 30.9 Å². The molecule has 2 fully saturated rings. The zero-order valence-corrected chi connectivity index (χ0v) is 16.9. The van der Waals surface area contributed by atoms with Crippen LogP contribution in [0.3, 0.4) is 0 Å². The van der Waals surface area contributed by atoms with Crippen LogP contribution in [0.5, 0.6) is 5.75 Å². The number of para-hydroxylation sites is 2. The maximum absolute atomic E-state index is 11.5. The molecule has 3 N–H and O–H groups in total. The summed E-state index contributed by atoms with van der Waals surface area (Å²) < 4.78 is 5.40. The average molecular weight is 403 g/mol. The van der Waals surface area contributed by atoms with E-state index in [1.54, 1.807) is 6.07 Å². The quantitative estimate of drug-likeness (QED) is 0.455. The normalized spacial score (nSPS) is 23.2. The Hall–Kier alpha value is -3.03. The number of hydrogen-bond donors (Lipinski definition) is 3. The van der Waals surface area contributed by atoms with Crippen molar-refractivity contribution in [1.29, 1.82) is 0 Å². The van der Waals surface area contributed by atoms with E-state index in [-0.39, 0.29) is 5.97 Å². The second-order valence-electron chi connectivity index (χ2n) is 8.05. The van der Waals surface area contributed by atoms with Crippen molar-refractivity contribution < 1.29 is 9.53 Å². The topological polar surface area (TPSA) is 88.2 Å². The molecule has 0 radical (unpaired) electrons. The summed E-state index contributed by atoms with van der Waals surface area (Å²) in [5.74, 6) is 2.11. The number of anilines is 1. The minimum absolute atomic E-state index is 0.364. The van der Waals surface area contributed by atoms with Crippen LogP contribution in [-0.2, 0) is 4.79 Å². The van der Waals surface area contributed by atoms with E-state index in [1.807, 2.05) is 42.5 Å². The number of nitrogens with zero attached hydrogens (tertiary/aromatic N) is 2. The van der Waals surface area contributed by atoms with E-state index in [1.165, 1.54) is 6.92 Å². The van der Waals surface area contributed by atoms with Gasteiger partial charge in [0.05, 0.1) is 11.1 Å². The Kier molecular flexibility index (Phi) is 5.06. The molecule has 1 saturated carbocycles. The second kappa shape index (κ2) is 8.01. The van der Waals surface area contributed by atoms with Crippen LogP contribution in [0.4, 0.5) is 5.82 Å². The number of aromatic nitrogens is 2. The molecule has 1 aliphatic carbocycles. The summed E-state index contributed by atoms with van der Waals surface area (Å²) in [5.41, 5.74) is 8.23. The van der Waals surface area contributed by atoms with Gasteiger partial charge in [0.15, 0.2) is 5.82 Å². The summed E-state index contributed by atoms with van der Waals surface area (Å²) in [6.45, 7) is 2.41. The molecule has 3 aromatic rings. The predicted octanol–water partition coefficient (Wildman–Crippen LogP) is 3.28. The number of hydrogen-bond acceptors (Lipinski definition) is 7. The van der Waals surface area contributed by atoms with Crippen molar-refractivity contribution in [3.05, 3.63) is 48.5 Å². The largest absolute Gasteiger partial charge is 0.426 e. The Morgan fingerprint density at radius 1 is 1.10 bits per heavy atom. The number of ether oxygens (including phenoxy) is 1. The van der Waals surface area contributed by atoms with Crippen LogP contribution in [-0.4, -0.2) is 34.6 Å². The lowest BCUT2D eigenvalue weighted by atomic mass is 9.83. The maximum atomic E-state index is 11.5. The first-order chi connectivity index (χ1) is 14.7. The third kappa shape index (κ3) is 3.74. The summed E-state index contributed by atoms with van der Waals surface area (Å²) in [4.78, 5) is 21.2. The highest BCUT2D eigenvalue weighted by atomic mass is 16.5. The standard InChI is InChI=1S/C23H25N5O2/c1-14(29)30-21-9-5-3-7-18(21)23-26-20-8-4-2-6-17(20)22(27-23)25-16-10-11-19-15(12-16)13-24-28-19/h2-9,15-16,19,24,28H,10-13H2,1H3,(H,25,26,27). The minimum atomic E-state index is -0.364. The summed E-state index contributed by atoms with van der Waals surface area (Å²) in [6.07, 6.45) is 3.33. The highest BCUT2D eigenvalue weighted by Gasteiger charge is 2.34. The zero-order chi connectivity index (χ0) is 20.5. The van der Waals surface area contributed by atoms with Gasteiger partial charge in [0.25, 0.3) is 0 Å². The molecule has 7 heteroatoms. The van der Waals surface area contributed by atoms with Crippen LogP contribution >= 0.6 is 0 Å². The van der Waals surface area contributed by atoms with Crippen LogP contribution in [0.2, 0.25) is 0 Å². The first-order valence-electron chi connectivity index (χ1n) is 10.5. The number of carbonyl (C=O) groups is 1. The van der Waals surface area contributed by atoms with Crippen LogP contribution in [0, 0.1) is 5.92 Å². The van der Waals surface area contributed by atoms with E-state index < -0.39 is 0 Å². The van der Waals surface area contributed by atoms with Gasteiger partial charge in [-0.3, -0.25) is 15.6 Å². The maximum Gasteiger partial charge on any atom is 0.308 e. The number of esters is 1. The first kappa shape index (κ1) is 19.0. The number of benzene rings is 2. The van der Waals surface area contributed by atoms with Gasteiger partial charge in [-0.25, -0.2) is 9.97 Å². The Balaban J connectivity index is 1.52. The van der Waals surface area contributed by atoms with Crippen molar-refractivity contribution in [3.63, 3.8) is 0 Å². The van der Waals surface area contributed by atoms with Gasteiger partial charge in [-0.15, -0.1) is 0 Å². The number of rotatable bonds is 4. The van der Waals surface area contributed by atoms with Crippen molar-refractivity contribution in [2.75, 3.05) is 11.9 Å². The van der Waals surface area contributed by atoms with Gasteiger partial charge < -0.3 is 10.1 Å². The second-order valence-corrected chi connectivity index (χ2v) is 8.05. The molecule has 2 aliphatic rings. The molecular formula is C23H25N5O2. The molecule has 2 aromatic carbocycles. The highest BCUT2D eigenvalue weighted by Crippen LogP contribution is 2.33. The SMILES string of the molecule is CC(=O)Oc1ccccc1-c1nc(NC2CCC3NNCC3C2)c2ccccc2n1. The minimum Gasteiger partial charge on any atom is -0.426 e. The molecule has 1 saturated heterocycles. The molecule has 154 valence electrons. The fraction of sp³-hybridized carbons (Fsp3) is 0.348. The lowest BCUT2D eigenvalue weighted by Gasteiger charge is -2.31. The van der Waals surface area contributed by atoms with Gasteiger partial charge >= 0.3 is 5.97 Å². The van der Waals surface area contributed by atoms with E-state index >= 15 is 0 Å². The number of hydrazine groups is 1. The number of nitrogens with one attached hydrogen (secondary N) is 3.